The van der Waals surface area contributed by atoms with Crippen molar-refractivity contribution in [2.24, 2.45) is 0 Å². The van der Waals surface area contributed by atoms with Gasteiger partial charge in [0.25, 0.3) is 0 Å². The number of aromatic nitrogens is 3. The van der Waals surface area contributed by atoms with E-state index in [-0.39, 0.29) is 17.1 Å². The van der Waals surface area contributed by atoms with Crippen LogP contribution in [0.4, 0.5) is 5.69 Å². The highest BCUT2D eigenvalue weighted by Gasteiger charge is 2.18. The molecule has 0 fully saturated rings. The monoisotopic (exact) mass is 354 g/mol. The standard InChI is InChI=1S/C15H19ClN4O2S/c1-8(2)13-18-15(20-19-13)23-9(3)14(21)17-10-5-6-12(22-4)11(16)7-10/h5-9H,1-4H3,(H,17,21)(H,18,19,20). The minimum Gasteiger partial charge on any atom is -0.495 e. The Morgan fingerprint density at radius 2 is 2.13 bits per heavy atom. The third-order valence-corrected chi connectivity index (χ3v) is 4.36. The van der Waals surface area contributed by atoms with Crippen LogP contribution in [0, 0.1) is 0 Å². The van der Waals surface area contributed by atoms with Crippen molar-refractivity contribution in [3.05, 3.63) is 29.0 Å². The van der Waals surface area contributed by atoms with E-state index in [9.17, 15) is 4.79 Å². The van der Waals surface area contributed by atoms with E-state index in [1.807, 2.05) is 13.8 Å². The van der Waals surface area contributed by atoms with Crippen LogP contribution in [-0.4, -0.2) is 33.4 Å². The first kappa shape index (κ1) is 17.6. The van der Waals surface area contributed by atoms with Gasteiger partial charge in [-0.1, -0.05) is 37.2 Å². The molecule has 1 unspecified atom stereocenters. The Labute approximate surface area is 144 Å². The molecule has 2 rings (SSSR count). The zero-order chi connectivity index (χ0) is 17.0. The van der Waals surface area contributed by atoms with Crippen LogP contribution >= 0.6 is 23.4 Å². The lowest BCUT2D eigenvalue weighted by atomic mass is 10.2. The van der Waals surface area contributed by atoms with Crippen LogP contribution in [0.2, 0.25) is 5.02 Å². The molecular formula is C15H19ClN4O2S. The molecule has 2 N–H and O–H groups in total. The third kappa shape index (κ3) is 4.62. The predicted molar refractivity (Wildman–Crippen MR) is 92.4 cm³/mol. The number of halogens is 1. The van der Waals surface area contributed by atoms with Gasteiger partial charge in [0.15, 0.2) is 0 Å². The number of aromatic amines is 1. The smallest absolute Gasteiger partial charge is 0.237 e. The number of carbonyl (C=O) groups excluding carboxylic acids is 1. The molecule has 0 aliphatic carbocycles. The number of benzene rings is 1. The molecule has 0 aliphatic heterocycles. The number of nitrogens with zero attached hydrogens (tertiary/aromatic N) is 2. The average Bonchev–Trinajstić information content (AvgIpc) is 2.96. The third-order valence-electron chi connectivity index (χ3n) is 3.10. The van der Waals surface area contributed by atoms with Crippen LogP contribution in [0.25, 0.3) is 0 Å². The molecule has 124 valence electrons. The topological polar surface area (TPSA) is 79.9 Å². The Morgan fingerprint density at radius 1 is 1.39 bits per heavy atom. The quantitative estimate of drug-likeness (QED) is 0.773. The fourth-order valence-corrected chi connectivity index (χ4v) is 2.76. The van der Waals surface area contributed by atoms with Crippen molar-refractivity contribution in [3.8, 4) is 5.75 Å². The summed E-state index contributed by atoms with van der Waals surface area (Å²) in [5.41, 5.74) is 0.617. The molecule has 0 saturated carbocycles. The van der Waals surface area contributed by atoms with Gasteiger partial charge in [-0.2, -0.15) is 0 Å². The van der Waals surface area contributed by atoms with E-state index in [1.165, 1.54) is 11.8 Å². The molecule has 6 nitrogen and oxygen atoms in total. The molecule has 1 atom stereocenters. The summed E-state index contributed by atoms with van der Waals surface area (Å²) in [5.74, 6) is 1.49. The van der Waals surface area contributed by atoms with E-state index in [4.69, 9.17) is 16.3 Å². The summed E-state index contributed by atoms with van der Waals surface area (Å²) in [4.78, 5) is 16.6. The van der Waals surface area contributed by atoms with Gasteiger partial charge >= 0.3 is 0 Å². The summed E-state index contributed by atoms with van der Waals surface area (Å²) in [5, 5.41) is 10.5. The summed E-state index contributed by atoms with van der Waals surface area (Å²) in [6.07, 6.45) is 0. The molecule has 0 aliphatic rings. The van der Waals surface area contributed by atoms with Crippen molar-refractivity contribution in [2.75, 3.05) is 12.4 Å². The van der Waals surface area contributed by atoms with Crippen LogP contribution in [0.5, 0.6) is 5.75 Å². The number of rotatable bonds is 6. The van der Waals surface area contributed by atoms with Gasteiger partial charge in [-0.3, -0.25) is 9.89 Å². The normalized spacial score (nSPS) is 12.3. The minimum absolute atomic E-state index is 0.146. The highest BCUT2D eigenvalue weighted by atomic mass is 35.5. The van der Waals surface area contributed by atoms with Crippen molar-refractivity contribution in [2.45, 2.75) is 37.1 Å². The summed E-state index contributed by atoms with van der Waals surface area (Å²) >= 11 is 7.35. The molecular weight excluding hydrogens is 336 g/mol. The number of carbonyl (C=O) groups is 1. The van der Waals surface area contributed by atoms with Crippen LogP contribution in [0.1, 0.15) is 32.5 Å². The SMILES string of the molecule is COc1ccc(NC(=O)C(C)Sc2n[nH]c(C(C)C)n2)cc1Cl. The molecule has 1 heterocycles. The highest BCUT2D eigenvalue weighted by molar-refractivity contribution is 8.00. The molecule has 8 heteroatoms. The average molecular weight is 355 g/mol. The number of thioether (sulfide) groups is 1. The predicted octanol–water partition coefficient (Wildman–Crippen LogP) is 3.71. The summed E-state index contributed by atoms with van der Waals surface area (Å²) in [7, 11) is 1.54. The number of hydrogen-bond acceptors (Lipinski definition) is 5. The second-order valence-electron chi connectivity index (χ2n) is 5.26. The van der Waals surface area contributed by atoms with E-state index in [0.717, 1.165) is 5.82 Å². The molecule has 1 aromatic carbocycles. The van der Waals surface area contributed by atoms with Crippen molar-refractivity contribution in [1.82, 2.24) is 15.2 Å². The molecule has 0 spiro atoms. The molecule has 1 aromatic heterocycles. The fraction of sp³-hybridized carbons (Fsp3) is 0.400. The number of ether oxygens (including phenoxy) is 1. The van der Waals surface area contributed by atoms with Gasteiger partial charge in [-0.05, 0) is 25.1 Å². The lowest BCUT2D eigenvalue weighted by Gasteiger charge is -2.11. The van der Waals surface area contributed by atoms with Crippen LogP contribution < -0.4 is 10.1 Å². The minimum atomic E-state index is -0.341. The Kier molecular flexibility index (Phi) is 5.90. The maximum absolute atomic E-state index is 12.3. The van der Waals surface area contributed by atoms with Gasteiger partial charge in [0.1, 0.15) is 11.6 Å². The largest absolute Gasteiger partial charge is 0.495 e. The van der Waals surface area contributed by atoms with E-state index in [2.05, 4.69) is 20.5 Å². The summed E-state index contributed by atoms with van der Waals surface area (Å²) in [6.45, 7) is 5.85. The zero-order valence-electron chi connectivity index (χ0n) is 13.4. The van der Waals surface area contributed by atoms with Crippen molar-refractivity contribution in [3.63, 3.8) is 0 Å². The molecule has 23 heavy (non-hydrogen) atoms. The molecule has 0 saturated heterocycles. The number of H-pyrrole nitrogens is 1. The lowest BCUT2D eigenvalue weighted by Crippen LogP contribution is -2.22. The summed E-state index contributed by atoms with van der Waals surface area (Å²) in [6, 6.07) is 5.10. The number of nitrogens with one attached hydrogen (secondary N) is 2. The van der Waals surface area contributed by atoms with Crippen LogP contribution in [0.3, 0.4) is 0 Å². The van der Waals surface area contributed by atoms with E-state index in [1.54, 1.807) is 32.2 Å². The second kappa shape index (κ2) is 7.70. The van der Waals surface area contributed by atoms with Gasteiger partial charge < -0.3 is 10.1 Å². The fourth-order valence-electron chi connectivity index (χ4n) is 1.77. The van der Waals surface area contributed by atoms with Gasteiger partial charge in [-0.25, -0.2) is 4.98 Å². The first-order valence-corrected chi connectivity index (χ1v) is 8.39. The lowest BCUT2D eigenvalue weighted by molar-refractivity contribution is -0.115. The van der Waals surface area contributed by atoms with Crippen LogP contribution in [-0.2, 0) is 4.79 Å². The number of amides is 1. The van der Waals surface area contributed by atoms with Gasteiger partial charge in [-0.15, -0.1) is 5.10 Å². The first-order valence-electron chi connectivity index (χ1n) is 7.14. The molecule has 0 bridgehead atoms. The Balaban J connectivity index is 1.97. The van der Waals surface area contributed by atoms with Crippen molar-refractivity contribution in [1.29, 1.82) is 0 Å². The molecule has 2 aromatic rings. The zero-order valence-corrected chi connectivity index (χ0v) is 15.0. The highest BCUT2D eigenvalue weighted by Crippen LogP contribution is 2.28. The Hall–Kier alpha value is -1.73. The Bertz CT molecular complexity index is 690. The summed E-state index contributed by atoms with van der Waals surface area (Å²) < 4.78 is 5.08. The number of anilines is 1. The van der Waals surface area contributed by atoms with Gasteiger partial charge in [0.05, 0.1) is 17.4 Å². The molecule has 0 radical (unpaired) electrons. The Morgan fingerprint density at radius 3 is 2.70 bits per heavy atom. The number of methoxy groups -OCH3 is 1. The van der Waals surface area contributed by atoms with E-state index < -0.39 is 0 Å². The number of hydrogen-bond donors (Lipinski definition) is 2. The van der Waals surface area contributed by atoms with Gasteiger partial charge in [0, 0.05) is 11.6 Å². The maximum atomic E-state index is 12.3. The maximum Gasteiger partial charge on any atom is 0.237 e. The van der Waals surface area contributed by atoms with E-state index >= 15 is 0 Å². The van der Waals surface area contributed by atoms with Crippen LogP contribution in [0.15, 0.2) is 23.4 Å². The van der Waals surface area contributed by atoms with Gasteiger partial charge in [0.2, 0.25) is 11.1 Å². The first-order chi connectivity index (χ1) is 10.9. The van der Waals surface area contributed by atoms with Crippen molar-refractivity contribution >= 4 is 35.0 Å². The second-order valence-corrected chi connectivity index (χ2v) is 6.97. The van der Waals surface area contributed by atoms with E-state index in [0.29, 0.717) is 21.6 Å². The van der Waals surface area contributed by atoms with Crippen molar-refractivity contribution < 1.29 is 9.53 Å². The molecule has 1 amide bonds.